The third kappa shape index (κ3) is 7.09. The van der Waals surface area contributed by atoms with E-state index in [4.69, 9.17) is 11.5 Å². The molecule has 0 aromatic heterocycles. The maximum absolute atomic E-state index is 12.8. The summed E-state index contributed by atoms with van der Waals surface area (Å²) in [5, 5.41) is 23.4. The van der Waals surface area contributed by atoms with E-state index in [0.717, 1.165) is 24.8 Å². The van der Waals surface area contributed by atoms with E-state index in [-0.39, 0.29) is 24.3 Å². The minimum Gasteiger partial charge on any atom is -0.550 e. The van der Waals surface area contributed by atoms with E-state index < -0.39 is 17.4 Å². The average molecular weight is 513 g/mol. The Kier molecular flexibility index (Phi) is 9.82. The minimum absolute atomic E-state index is 0.0166. The molecule has 0 aliphatic rings. The maximum atomic E-state index is 12.8. The molecule has 0 spiro atoms. The molecule has 38 heavy (non-hydrogen) atoms. The van der Waals surface area contributed by atoms with Gasteiger partial charge < -0.3 is 31.3 Å². The van der Waals surface area contributed by atoms with Crippen LogP contribution in [0.3, 0.4) is 0 Å². The van der Waals surface area contributed by atoms with Gasteiger partial charge in [0.1, 0.15) is 0 Å². The summed E-state index contributed by atoms with van der Waals surface area (Å²) in [5.74, 6) is -2.47. The van der Waals surface area contributed by atoms with E-state index in [9.17, 15) is 24.6 Å². The summed E-state index contributed by atoms with van der Waals surface area (Å²) >= 11 is 0. The minimum atomic E-state index is -1.51. The molecule has 0 aliphatic carbocycles. The van der Waals surface area contributed by atoms with Crippen LogP contribution in [0.25, 0.3) is 6.08 Å². The molecule has 0 saturated heterocycles. The summed E-state index contributed by atoms with van der Waals surface area (Å²) in [4.78, 5) is 35.8. The van der Waals surface area contributed by atoms with Crippen LogP contribution in [0.5, 0.6) is 0 Å². The number of ketones is 1. The van der Waals surface area contributed by atoms with Crippen LogP contribution in [-0.4, -0.2) is 17.7 Å². The first kappa shape index (κ1) is 28.2. The molecule has 0 amide bonds. The number of aliphatic carboxylic acids is 2. The number of unbranched alkanes of at least 4 members (excludes halogenated alkanes) is 4. The fourth-order valence-corrected chi connectivity index (χ4v) is 4.67. The molecule has 0 radical (unpaired) electrons. The normalized spacial score (nSPS) is 12.7. The van der Waals surface area contributed by atoms with Gasteiger partial charge in [-0.15, -0.1) is 0 Å². The first-order valence-corrected chi connectivity index (χ1v) is 12.7. The third-order valence-corrected chi connectivity index (χ3v) is 6.71. The number of nitrogen functional groups attached to an aromatic ring is 2. The van der Waals surface area contributed by atoms with Crippen LogP contribution in [0.2, 0.25) is 0 Å². The molecule has 0 bridgehead atoms. The average Bonchev–Trinajstić information content (AvgIpc) is 2.90. The van der Waals surface area contributed by atoms with Crippen LogP contribution >= 0.6 is 0 Å². The Morgan fingerprint density at radius 2 is 1.45 bits per heavy atom. The molecule has 0 fully saturated rings. The highest BCUT2D eigenvalue weighted by Crippen LogP contribution is 2.41. The van der Waals surface area contributed by atoms with E-state index in [0.29, 0.717) is 35.2 Å². The quantitative estimate of drug-likeness (QED) is 0.146. The van der Waals surface area contributed by atoms with Crippen LogP contribution in [0.15, 0.2) is 78.9 Å². The third-order valence-electron chi connectivity index (χ3n) is 6.71. The molecular weight excluding hydrogens is 480 g/mol. The first-order chi connectivity index (χ1) is 18.2. The Bertz CT molecular complexity index is 1290. The number of rotatable bonds is 14. The highest BCUT2D eigenvalue weighted by molar-refractivity contribution is 6.06. The van der Waals surface area contributed by atoms with Crippen LogP contribution in [0.4, 0.5) is 11.4 Å². The van der Waals surface area contributed by atoms with Gasteiger partial charge in [0.15, 0.2) is 5.78 Å². The van der Waals surface area contributed by atoms with Gasteiger partial charge in [0.05, 0.1) is 11.4 Å². The summed E-state index contributed by atoms with van der Waals surface area (Å²) in [6.45, 7) is 0. The van der Waals surface area contributed by atoms with Crippen molar-refractivity contribution in [2.75, 3.05) is 11.5 Å². The summed E-state index contributed by atoms with van der Waals surface area (Å²) < 4.78 is 0. The Hall–Kier alpha value is -4.39. The van der Waals surface area contributed by atoms with Crippen molar-refractivity contribution >= 4 is 35.2 Å². The largest absolute Gasteiger partial charge is 0.550 e. The fraction of sp³-hybridized carbons (Fsp3) is 0.258. The van der Waals surface area contributed by atoms with Crippen molar-refractivity contribution in [2.24, 2.45) is 0 Å². The van der Waals surface area contributed by atoms with Gasteiger partial charge in [0, 0.05) is 22.9 Å². The molecule has 1 atom stereocenters. The smallest absolute Gasteiger partial charge is 0.185 e. The van der Waals surface area contributed by atoms with E-state index in [2.05, 4.69) is 0 Å². The lowest BCUT2D eigenvalue weighted by molar-refractivity contribution is -0.312. The second-order valence-corrected chi connectivity index (χ2v) is 9.36. The lowest BCUT2D eigenvalue weighted by Gasteiger charge is -2.37. The first-order valence-electron chi connectivity index (χ1n) is 12.7. The molecule has 1 unspecified atom stereocenters. The summed E-state index contributed by atoms with van der Waals surface area (Å²) in [6, 6.07) is 20.7. The van der Waals surface area contributed by atoms with Gasteiger partial charge in [-0.2, -0.15) is 0 Å². The monoisotopic (exact) mass is 512 g/mol. The zero-order chi connectivity index (χ0) is 27.5. The molecule has 0 saturated carbocycles. The molecule has 7 nitrogen and oxygen atoms in total. The van der Waals surface area contributed by atoms with Crippen molar-refractivity contribution in [1.29, 1.82) is 0 Å². The molecular formula is C31H32N2O5-2. The number of nitrogens with two attached hydrogens (primary N) is 2. The Morgan fingerprint density at radius 3 is 2.08 bits per heavy atom. The molecule has 3 aromatic carbocycles. The van der Waals surface area contributed by atoms with Crippen molar-refractivity contribution in [3.63, 3.8) is 0 Å². The number of allylic oxidation sites excluding steroid dienone is 1. The lowest BCUT2D eigenvalue weighted by Crippen LogP contribution is -2.47. The highest BCUT2D eigenvalue weighted by atomic mass is 16.4. The number of hydrogen-bond acceptors (Lipinski definition) is 7. The number of carbonyl (C=O) groups is 3. The predicted octanol–water partition coefficient (Wildman–Crippen LogP) is 3.26. The molecule has 3 aromatic rings. The molecule has 4 N–H and O–H groups in total. The van der Waals surface area contributed by atoms with Crippen LogP contribution in [0, 0.1) is 0 Å². The van der Waals surface area contributed by atoms with Crippen molar-refractivity contribution in [3.05, 3.63) is 101 Å². The zero-order valence-electron chi connectivity index (χ0n) is 21.2. The molecule has 7 heteroatoms. The Labute approximate surface area is 222 Å². The predicted molar refractivity (Wildman–Crippen MR) is 145 cm³/mol. The number of hydrogen-bond donors (Lipinski definition) is 2. The second kappa shape index (κ2) is 13.2. The summed E-state index contributed by atoms with van der Waals surface area (Å²) in [5.41, 5.74) is 13.6. The molecule has 0 aliphatic heterocycles. The van der Waals surface area contributed by atoms with Gasteiger partial charge >= 0.3 is 0 Å². The highest BCUT2D eigenvalue weighted by Gasteiger charge is 2.37. The topological polar surface area (TPSA) is 149 Å². The number of anilines is 2. The maximum Gasteiger partial charge on any atom is 0.185 e. The van der Waals surface area contributed by atoms with Gasteiger partial charge in [-0.25, -0.2) is 0 Å². The molecule has 3 rings (SSSR count). The van der Waals surface area contributed by atoms with Gasteiger partial charge in [-0.3, -0.25) is 4.79 Å². The fourth-order valence-electron chi connectivity index (χ4n) is 4.67. The van der Waals surface area contributed by atoms with Crippen molar-refractivity contribution in [2.45, 2.75) is 50.4 Å². The second-order valence-electron chi connectivity index (χ2n) is 9.36. The van der Waals surface area contributed by atoms with Crippen LogP contribution < -0.4 is 21.7 Å². The summed E-state index contributed by atoms with van der Waals surface area (Å²) in [7, 11) is 0. The van der Waals surface area contributed by atoms with Crippen molar-refractivity contribution in [1.82, 2.24) is 0 Å². The standard InChI is InChI=1S/C31H34N2O5/c32-25-17-18-26(27(33)21-25)31(30(37)38,20-8-3-1-2-7-11-29(35)36)24-15-12-22(13-16-24)14-19-28(34)23-9-5-4-6-10-23/h4-6,9-10,12-19,21H,1-3,7-8,11,20,32-33H2,(H,35,36)(H,37,38)/p-2/b19-14+. The van der Waals surface area contributed by atoms with E-state index in [1.54, 1.807) is 72.8 Å². The van der Waals surface area contributed by atoms with E-state index >= 15 is 0 Å². The number of carbonyl (C=O) groups excluding carboxylic acids is 3. The van der Waals surface area contributed by atoms with Gasteiger partial charge in [-0.1, -0.05) is 92.4 Å². The number of benzene rings is 3. The molecule has 198 valence electrons. The Morgan fingerprint density at radius 1 is 0.789 bits per heavy atom. The number of carboxylic acid groups (broad SMARTS) is 2. The van der Waals surface area contributed by atoms with Crippen molar-refractivity contribution < 1.29 is 24.6 Å². The van der Waals surface area contributed by atoms with Crippen molar-refractivity contribution in [3.8, 4) is 0 Å². The SMILES string of the molecule is Nc1ccc(C(CCCCCCCC(=O)[O-])(C(=O)[O-])c2ccc(/C=C/C(=O)c3ccccc3)cc2)c(N)c1. The van der Waals surface area contributed by atoms with E-state index in [1.165, 1.54) is 6.08 Å². The van der Waals surface area contributed by atoms with Gasteiger partial charge in [-0.05, 0) is 54.2 Å². The Balaban J connectivity index is 1.85. The molecule has 0 heterocycles. The summed E-state index contributed by atoms with van der Waals surface area (Å²) in [6.07, 6.45) is 6.73. The van der Waals surface area contributed by atoms with Gasteiger partial charge in [0.25, 0.3) is 0 Å². The lowest BCUT2D eigenvalue weighted by atomic mass is 9.70. The van der Waals surface area contributed by atoms with E-state index in [1.807, 2.05) is 6.07 Å². The zero-order valence-corrected chi connectivity index (χ0v) is 21.2. The van der Waals surface area contributed by atoms with Gasteiger partial charge in [0.2, 0.25) is 0 Å². The number of carboxylic acids is 2. The van der Waals surface area contributed by atoms with Crippen LogP contribution in [-0.2, 0) is 15.0 Å². The van der Waals surface area contributed by atoms with Crippen LogP contribution in [0.1, 0.15) is 72.0 Å².